The van der Waals surface area contributed by atoms with Crippen molar-refractivity contribution < 1.29 is 4.74 Å². The van der Waals surface area contributed by atoms with Gasteiger partial charge >= 0.3 is 0 Å². The third kappa shape index (κ3) is 3.67. The van der Waals surface area contributed by atoms with Crippen LogP contribution >= 0.6 is 0 Å². The lowest BCUT2D eigenvalue weighted by atomic mass is 10.0. The Morgan fingerprint density at radius 3 is 2.84 bits per heavy atom. The molecule has 4 nitrogen and oxygen atoms in total. The molecule has 19 heavy (non-hydrogen) atoms. The molecule has 2 aliphatic rings. The van der Waals surface area contributed by atoms with E-state index in [1.807, 2.05) is 24.4 Å². The van der Waals surface area contributed by atoms with Crippen LogP contribution in [0.5, 0.6) is 0 Å². The molecule has 0 aromatic carbocycles. The zero-order chi connectivity index (χ0) is 12.9. The molecule has 4 heteroatoms. The predicted molar refractivity (Wildman–Crippen MR) is 76.2 cm³/mol. The largest absolute Gasteiger partial charge is 0.381 e. The van der Waals surface area contributed by atoms with Gasteiger partial charge in [-0.05, 0) is 37.3 Å². The number of pyridine rings is 1. The van der Waals surface area contributed by atoms with E-state index < -0.39 is 0 Å². The Morgan fingerprint density at radius 1 is 1.26 bits per heavy atom. The molecule has 104 valence electrons. The van der Waals surface area contributed by atoms with Crippen molar-refractivity contribution in [1.82, 2.24) is 9.88 Å². The molecule has 2 saturated heterocycles. The number of likely N-dealkylation sites (tertiary alicyclic amines) is 1. The van der Waals surface area contributed by atoms with E-state index in [0.29, 0.717) is 6.04 Å². The molecular weight excluding hydrogens is 238 g/mol. The van der Waals surface area contributed by atoms with Gasteiger partial charge in [-0.15, -0.1) is 0 Å². The first-order valence-corrected chi connectivity index (χ1v) is 7.38. The van der Waals surface area contributed by atoms with Crippen LogP contribution < -0.4 is 5.32 Å². The minimum atomic E-state index is 0.575. The third-order valence-corrected chi connectivity index (χ3v) is 4.14. The SMILES string of the molecule is c1ccc(NC2CCN(CC3CCOC3)CC2)nc1. The summed E-state index contributed by atoms with van der Waals surface area (Å²) in [5, 5.41) is 3.53. The second-order valence-electron chi connectivity index (χ2n) is 5.66. The smallest absolute Gasteiger partial charge is 0.126 e. The van der Waals surface area contributed by atoms with Crippen molar-refractivity contribution >= 4 is 5.82 Å². The number of piperidine rings is 1. The molecule has 1 atom stereocenters. The highest BCUT2D eigenvalue weighted by molar-refractivity contribution is 5.34. The first kappa shape index (κ1) is 12.9. The van der Waals surface area contributed by atoms with Crippen molar-refractivity contribution in [3.05, 3.63) is 24.4 Å². The maximum Gasteiger partial charge on any atom is 0.126 e. The lowest BCUT2D eigenvalue weighted by molar-refractivity contribution is 0.154. The standard InChI is InChI=1S/C15H23N3O/c1-2-7-16-15(3-1)17-14-4-8-18(9-5-14)11-13-6-10-19-12-13/h1-3,7,13-14H,4-6,8-12H2,(H,16,17). The average Bonchev–Trinajstić information content (AvgIpc) is 2.95. The summed E-state index contributed by atoms with van der Waals surface area (Å²) >= 11 is 0. The zero-order valence-electron chi connectivity index (χ0n) is 11.4. The van der Waals surface area contributed by atoms with Crippen LogP contribution in [0.15, 0.2) is 24.4 Å². The first-order valence-electron chi connectivity index (χ1n) is 7.38. The summed E-state index contributed by atoms with van der Waals surface area (Å²) in [4.78, 5) is 6.93. The molecule has 0 saturated carbocycles. The van der Waals surface area contributed by atoms with Crippen molar-refractivity contribution in [2.45, 2.75) is 25.3 Å². The highest BCUT2D eigenvalue weighted by Gasteiger charge is 2.23. The van der Waals surface area contributed by atoms with Gasteiger partial charge in [0.25, 0.3) is 0 Å². The fraction of sp³-hybridized carbons (Fsp3) is 0.667. The lowest BCUT2D eigenvalue weighted by Gasteiger charge is -2.33. The summed E-state index contributed by atoms with van der Waals surface area (Å²) in [7, 11) is 0. The first-order chi connectivity index (χ1) is 9.40. The van der Waals surface area contributed by atoms with Crippen molar-refractivity contribution in [2.24, 2.45) is 5.92 Å². The van der Waals surface area contributed by atoms with Crippen LogP contribution in [0.1, 0.15) is 19.3 Å². The van der Waals surface area contributed by atoms with Gasteiger partial charge in [0.05, 0.1) is 6.61 Å². The van der Waals surface area contributed by atoms with E-state index >= 15 is 0 Å². The van der Waals surface area contributed by atoms with E-state index in [9.17, 15) is 0 Å². The summed E-state index contributed by atoms with van der Waals surface area (Å²) in [5.74, 6) is 1.77. The Labute approximate surface area is 115 Å². The monoisotopic (exact) mass is 261 g/mol. The molecule has 3 rings (SSSR count). The summed E-state index contributed by atoms with van der Waals surface area (Å²) < 4.78 is 5.45. The number of nitrogens with one attached hydrogen (secondary N) is 1. The van der Waals surface area contributed by atoms with E-state index in [1.54, 1.807) is 0 Å². The highest BCUT2D eigenvalue weighted by Crippen LogP contribution is 2.19. The van der Waals surface area contributed by atoms with Crippen LogP contribution in [0.25, 0.3) is 0 Å². The normalized spacial score (nSPS) is 25.6. The van der Waals surface area contributed by atoms with Crippen LogP contribution in [-0.2, 0) is 4.74 Å². The van der Waals surface area contributed by atoms with Crippen molar-refractivity contribution in [3.8, 4) is 0 Å². The Bertz CT molecular complexity index is 370. The Balaban J connectivity index is 1.41. The number of anilines is 1. The van der Waals surface area contributed by atoms with Gasteiger partial charge in [0, 0.05) is 38.5 Å². The van der Waals surface area contributed by atoms with Crippen molar-refractivity contribution in [3.63, 3.8) is 0 Å². The molecule has 2 aliphatic heterocycles. The Morgan fingerprint density at radius 2 is 2.16 bits per heavy atom. The summed E-state index contributed by atoms with van der Waals surface area (Å²) in [6.07, 6.45) is 5.51. The van der Waals surface area contributed by atoms with Gasteiger partial charge in [-0.3, -0.25) is 0 Å². The molecule has 1 aromatic rings. The van der Waals surface area contributed by atoms with Crippen LogP contribution in [0.3, 0.4) is 0 Å². The summed E-state index contributed by atoms with van der Waals surface area (Å²) in [6, 6.07) is 6.61. The van der Waals surface area contributed by atoms with E-state index in [0.717, 1.165) is 24.9 Å². The van der Waals surface area contributed by atoms with Gasteiger partial charge < -0.3 is 15.0 Å². The Hall–Kier alpha value is -1.13. The molecule has 3 heterocycles. The number of hydrogen-bond acceptors (Lipinski definition) is 4. The van der Waals surface area contributed by atoms with Gasteiger partial charge in [-0.1, -0.05) is 6.07 Å². The average molecular weight is 261 g/mol. The van der Waals surface area contributed by atoms with E-state index in [-0.39, 0.29) is 0 Å². The molecule has 0 spiro atoms. The molecule has 2 fully saturated rings. The van der Waals surface area contributed by atoms with Crippen molar-refractivity contribution in [2.75, 3.05) is 38.2 Å². The third-order valence-electron chi connectivity index (χ3n) is 4.14. The maximum absolute atomic E-state index is 5.45. The molecular formula is C15H23N3O. The second-order valence-corrected chi connectivity index (χ2v) is 5.66. The molecule has 0 aliphatic carbocycles. The summed E-state index contributed by atoms with van der Waals surface area (Å²) in [6.45, 7) is 5.53. The predicted octanol–water partition coefficient (Wildman–Crippen LogP) is 1.99. The summed E-state index contributed by atoms with van der Waals surface area (Å²) in [5.41, 5.74) is 0. The van der Waals surface area contributed by atoms with Gasteiger partial charge in [-0.25, -0.2) is 4.98 Å². The van der Waals surface area contributed by atoms with Crippen LogP contribution in [0.4, 0.5) is 5.82 Å². The van der Waals surface area contributed by atoms with Crippen LogP contribution in [0, 0.1) is 5.92 Å². The number of hydrogen-bond donors (Lipinski definition) is 1. The number of rotatable bonds is 4. The minimum absolute atomic E-state index is 0.575. The fourth-order valence-corrected chi connectivity index (χ4v) is 3.01. The number of aromatic nitrogens is 1. The van der Waals surface area contributed by atoms with E-state index in [2.05, 4.69) is 15.2 Å². The number of ether oxygens (including phenoxy) is 1. The second kappa shape index (κ2) is 6.35. The van der Waals surface area contributed by atoms with Gasteiger partial charge in [0.1, 0.15) is 5.82 Å². The fourth-order valence-electron chi connectivity index (χ4n) is 3.01. The van der Waals surface area contributed by atoms with Gasteiger partial charge in [0.2, 0.25) is 0 Å². The lowest BCUT2D eigenvalue weighted by Crippen LogP contribution is -2.41. The topological polar surface area (TPSA) is 37.4 Å². The highest BCUT2D eigenvalue weighted by atomic mass is 16.5. The quantitative estimate of drug-likeness (QED) is 0.899. The maximum atomic E-state index is 5.45. The van der Waals surface area contributed by atoms with Gasteiger partial charge in [-0.2, -0.15) is 0 Å². The van der Waals surface area contributed by atoms with Crippen LogP contribution in [0.2, 0.25) is 0 Å². The van der Waals surface area contributed by atoms with Gasteiger partial charge in [0.15, 0.2) is 0 Å². The molecule has 0 bridgehead atoms. The van der Waals surface area contributed by atoms with E-state index in [4.69, 9.17) is 4.74 Å². The molecule has 1 aromatic heterocycles. The van der Waals surface area contributed by atoms with E-state index in [1.165, 1.54) is 38.9 Å². The molecule has 0 radical (unpaired) electrons. The molecule has 1 unspecified atom stereocenters. The minimum Gasteiger partial charge on any atom is -0.381 e. The Kier molecular flexibility index (Phi) is 4.30. The molecule has 0 amide bonds. The van der Waals surface area contributed by atoms with Crippen LogP contribution in [-0.4, -0.2) is 48.8 Å². The number of nitrogens with zero attached hydrogens (tertiary/aromatic N) is 2. The zero-order valence-corrected chi connectivity index (χ0v) is 11.4. The molecule has 1 N–H and O–H groups in total. The van der Waals surface area contributed by atoms with Crippen molar-refractivity contribution in [1.29, 1.82) is 0 Å².